The summed E-state index contributed by atoms with van der Waals surface area (Å²) in [6, 6.07) is 44.6. The fourth-order valence-corrected chi connectivity index (χ4v) is 5.19. The minimum Gasteiger partial charge on any atom is -0.179 e. The van der Waals surface area contributed by atoms with E-state index in [2.05, 4.69) is 126 Å². The van der Waals surface area contributed by atoms with Gasteiger partial charge < -0.3 is 0 Å². The third-order valence-electron chi connectivity index (χ3n) is 5.79. The molecule has 0 saturated carbocycles. The predicted molar refractivity (Wildman–Crippen MR) is 137 cm³/mol. The molecule has 0 aliphatic rings. The molecule has 156 valence electrons. The first-order valence-corrected chi connectivity index (χ1v) is 11.8. The van der Waals surface area contributed by atoms with Crippen LogP contribution >= 0.6 is 11.3 Å². The smallest absolute Gasteiger partial charge is 0.179 e. The van der Waals surface area contributed by atoms with Crippen LogP contribution in [-0.2, 0) is 0 Å². The van der Waals surface area contributed by atoms with Crippen LogP contribution in [0, 0.1) is 0 Å². The topological polar surface area (TPSA) is 16.8 Å². The summed E-state index contributed by atoms with van der Waals surface area (Å²) in [6.45, 7) is 0. The molecule has 0 atom stereocenters. The normalized spacial score (nSPS) is 11.0. The number of rotatable bonds is 4. The van der Waals surface area contributed by atoms with Crippen molar-refractivity contribution in [1.29, 1.82) is 0 Å². The summed E-state index contributed by atoms with van der Waals surface area (Å²) in [4.78, 5) is 5.04. The molecule has 0 saturated heterocycles. The molecule has 6 rings (SSSR count). The summed E-state index contributed by atoms with van der Waals surface area (Å²) in [5, 5.41) is 0.966. The summed E-state index contributed by atoms with van der Waals surface area (Å²) in [5.74, 6) is 0. The van der Waals surface area contributed by atoms with Gasteiger partial charge in [0.25, 0.3) is 0 Å². The van der Waals surface area contributed by atoms with Crippen molar-refractivity contribution in [3.63, 3.8) is 0 Å². The molecular weight excluding hydrogens is 420 g/mol. The van der Waals surface area contributed by atoms with Crippen LogP contribution in [-0.4, -0.2) is 4.98 Å². The van der Waals surface area contributed by atoms with E-state index in [1.54, 1.807) is 11.3 Å². The molecule has 33 heavy (non-hydrogen) atoms. The van der Waals surface area contributed by atoms with Crippen LogP contribution in [0.2, 0.25) is 0 Å². The van der Waals surface area contributed by atoms with Gasteiger partial charge in [0, 0.05) is 11.1 Å². The van der Waals surface area contributed by atoms with Gasteiger partial charge in [0.2, 0.25) is 0 Å². The zero-order valence-electron chi connectivity index (χ0n) is 17.9. The van der Waals surface area contributed by atoms with Crippen LogP contribution in [0.1, 0.15) is 0 Å². The third-order valence-corrected chi connectivity index (χ3v) is 6.81. The quantitative estimate of drug-likeness (QED) is 0.258. The highest BCUT2D eigenvalue weighted by Crippen LogP contribution is 2.32. The molecule has 2 aromatic heterocycles. The summed E-state index contributed by atoms with van der Waals surface area (Å²) >= 11 is 1.72. The van der Waals surface area contributed by atoms with Crippen LogP contribution < -0.4 is 4.57 Å². The molecule has 0 radical (unpaired) electrons. The fraction of sp³-hybridized carbons (Fsp3) is 0. The SMILES string of the molecule is c1ccc(-c2cc(-c3ccccc3)[n+](-c3nc4ccccc4s3)c(-c3ccccc3)c2)cc1. The lowest BCUT2D eigenvalue weighted by Crippen LogP contribution is -2.36. The second-order valence-electron chi connectivity index (χ2n) is 7.91. The van der Waals surface area contributed by atoms with Gasteiger partial charge >= 0.3 is 5.13 Å². The molecule has 0 spiro atoms. The molecule has 0 aliphatic heterocycles. The maximum absolute atomic E-state index is 5.04. The molecule has 2 nitrogen and oxygen atoms in total. The monoisotopic (exact) mass is 441 g/mol. The Bertz CT molecular complexity index is 1450. The molecule has 0 unspecified atom stereocenters. The van der Waals surface area contributed by atoms with E-state index in [9.17, 15) is 0 Å². The van der Waals surface area contributed by atoms with Crippen molar-refractivity contribution in [2.24, 2.45) is 0 Å². The van der Waals surface area contributed by atoms with E-state index in [4.69, 9.17) is 4.98 Å². The summed E-state index contributed by atoms with van der Waals surface area (Å²) in [5.41, 5.74) is 7.97. The van der Waals surface area contributed by atoms with Crippen molar-refractivity contribution in [2.45, 2.75) is 0 Å². The first-order chi connectivity index (χ1) is 16.4. The van der Waals surface area contributed by atoms with Crippen molar-refractivity contribution in [3.05, 3.63) is 127 Å². The Kier molecular flexibility index (Phi) is 5.02. The Morgan fingerprint density at radius 3 is 1.52 bits per heavy atom. The van der Waals surface area contributed by atoms with Crippen LogP contribution in [0.5, 0.6) is 0 Å². The first kappa shape index (κ1) is 19.6. The molecule has 0 N–H and O–H groups in total. The largest absolute Gasteiger partial charge is 0.389 e. The zero-order chi connectivity index (χ0) is 22.0. The molecule has 3 heteroatoms. The Morgan fingerprint density at radius 1 is 0.485 bits per heavy atom. The third kappa shape index (κ3) is 3.73. The van der Waals surface area contributed by atoms with Crippen LogP contribution in [0.15, 0.2) is 127 Å². The number of hydrogen-bond acceptors (Lipinski definition) is 2. The minimum absolute atomic E-state index is 0.966. The average Bonchev–Trinajstić information content (AvgIpc) is 3.33. The lowest BCUT2D eigenvalue weighted by atomic mass is 9.99. The van der Waals surface area contributed by atoms with Crippen molar-refractivity contribution in [2.75, 3.05) is 0 Å². The molecular formula is C30H21N2S+. The van der Waals surface area contributed by atoms with Crippen LogP contribution in [0.25, 0.3) is 49.0 Å². The van der Waals surface area contributed by atoms with E-state index in [1.807, 2.05) is 6.07 Å². The van der Waals surface area contributed by atoms with Gasteiger partial charge in [0.05, 0.1) is 4.70 Å². The Morgan fingerprint density at radius 2 is 0.970 bits per heavy atom. The molecule has 4 aromatic carbocycles. The molecule has 0 amide bonds. The van der Waals surface area contributed by atoms with Gasteiger partial charge in [0.15, 0.2) is 5.52 Å². The second-order valence-corrected chi connectivity index (χ2v) is 8.92. The van der Waals surface area contributed by atoms with Crippen molar-refractivity contribution in [3.8, 4) is 38.8 Å². The highest BCUT2D eigenvalue weighted by molar-refractivity contribution is 7.20. The van der Waals surface area contributed by atoms with E-state index >= 15 is 0 Å². The molecule has 0 fully saturated rings. The number of fused-ring (bicyclic) bond motifs is 1. The van der Waals surface area contributed by atoms with Crippen LogP contribution in [0.3, 0.4) is 0 Å². The van der Waals surface area contributed by atoms with Gasteiger partial charge in [-0.2, -0.15) is 4.57 Å². The van der Waals surface area contributed by atoms with Gasteiger partial charge in [-0.05, 0) is 51.7 Å². The second kappa shape index (κ2) is 8.45. The summed E-state index contributed by atoms with van der Waals surface area (Å²) in [7, 11) is 0. The molecule has 0 aliphatic carbocycles. The number of para-hydroxylation sites is 1. The summed E-state index contributed by atoms with van der Waals surface area (Å²) in [6.07, 6.45) is 0. The van der Waals surface area contributed by atoms with Gasteiger partial charge in [-0.25, -0.2) is 0 Å². The van der Waals surface area contributed by atoms with Gasteiger partial charge in [0.1, 0.15) is 11.4 Å². The number of nitrogens with zero attached hydrogens (tertiary/aromatic N) is 2. The van der Waals surface area contributed by atoms with Gasteiger partial charge in [-0.3, -0.25) is 0 Å². The first-order valence-electron chi connectivity index (χ1n) is 11.0. The highest BCUT2D eigenvalue weighted by atomic mass is 32.1. The molecule has 6 aromatic rings. The predicted octanol–water partition coefficient (Wildman–Crippen LogP) is 7.57. The maximum Gasteiger partial charge on any atom is 0.389 e. The maximum atomic E-state index is 5.04. The number of aromatic nitrogens is 2. The Labute approximate surface area is 197 Å². The minimum atomic E-state index is 0.966. The number of hydrogen-bond donors (Lipinski definition) is 0. The van der Waals surface area contributed by atoms with E-state index in [1.165, 1.54) is 15.8 Å². The molecule has 0 bridgehead atoms. The van der Waals surface area contributed by atoms with Crippen molar-refractivity contribution < 1.29 is 4.57 Å². The van der Waals surface area contributed by atoms with Crippen molar-refractivity contribution in [1.82, 2.24) is 4.98 Å². The molecule has 2 heterocycles. The Hall–Kier alpha value is -4.08. The standard InChI is InChI=1S/C30H21N2S/c1-4-12-22(13-5-1)25-20-27(23-14-6-2-7-15-23)32(28(21-25)24-16-8-3-9-17-24)30-31-26-18-10-11-19-29(26)33-30/h1-21H/q+1. The fourth-order valence-electron chi connectivity index (χ4n) is 4.20. The number of thiazole rings is 1. The van der Waals surface area contributed by atoms with E-state index in [0.29, 0.717) is 0 Å². The van der Waals surface area contributed by atoms with Crippen molar-refractivity contribution >= 4 is 21.6 Å². The number of benzene rings is 4. The van der Waals surface area contributed by atoms with Crippen LogP contribution in [0.4, 0.5) is 0 Å². The van der Waals surface area contributed by atoms with E-state index < -0.39 is 0 Å². The number of pyridine rings is 1. The lowest BCUT2D eigenvalue weighted by Gasteiger charge is -2.14. The zero-order valence-corrected chi connectivity index (χ0v) is 18.7. The average molecular weight is 442 g/mol. The van der Waals surface area contributed by atoms with E-state index in [-0.39, 0.29) is 0 Å². The lowest BCUT2D eigenvalue weighted by molar-refractivity contribution is -0.571. The highest BCUT2D eigenvalue weighted by Gasteiger charge is 2.25. The Balaban J connectivity index is 1.72. The summed E-state index contributed by atoms with van der Waals surface area (Å²) < 4.78 is 3.49. The van der Waals surface area contributed by atoms with Gasteiger partial charge in [-0.1, -0.05) is 103 Å². The van der Waals surface area contributed by atoms with E-state index in [0.717, 1.165) is 33.2 Å². The van der Waals surface area contributed by atoms with Gasteiger partial charge in [-0.15, -0.1) is 0 Å².